The summed E-state index contributed by atoms with van der Waals surface area (Å²) in [6, 6.07) is 1.51. The molecule has 7 heteroatoms. The summed E-state index contributed by atoms with van der Waals surface area (Å²) in [5.41, 5.74) is -0.372. The van der Waals surface area contributed by atoms with E-state index in [-0.39, 0.29) is 22.7 Å². The highest BCUT2D eigenvalue weighted by Gasteiger charge is 2.31. The van der Waals surface area contributed by atoms with Crippen molar-refractivity contribution < 1.29 is 9.72 Å². The van der Waals surface area contributed by atoms with Crippen molar-refractivity contribution in [3.8, 4) is 0 Å². The topological polar surface area (TPSA) is 76.3 Å². The van der Waals surface area contributed by atoms with Crippen molar-refractivity contribution in [2.24, 2.45) is 0 Å². The molecule has 1 saturated heterocycles. The number of amides is 1. The molecule has 1 aliphatic heterocycles. The molecule has 0 radical (unpaired) electrons. The third-order valence-electron chi connectivity index (χ3n) is 3.90. The SMILES string of the molecule is CCC1CCCCCN1C(=O)c1ccnc(Cl)c1[N+](=O)[O-]. The molecule has 1 aromatic heterocycles. The Morgan fingerprint density at radius 2 is 2.29 bits per heavy atom. The normalized spacial score (nSPS) is 19.1. The Morgan fingerprint density at radius 1 is 1.52 bits per heavy atom. The zero-order valence-corrected chi connectivity index (χ0v) is 12.7. The standard InChI is InChI=1S/C14H18ClN3O3/c1-2-10-6-4-3-5-9-17(10)14(19)11-7-8-16-13(15)12(11)18(20)21/h7-8,10H,2-6,9H2,1H3. The first-order valence-electron chi connectivity index (χ1n) is 7.16. The van der Waals surface area contributed by atoms with Crippen LogP contribution in [0.15, 0.2) is 12.3 Å². The second kappa shape index (κ2) is 6.85. The molecule has 0 spiro atoms. The summed E-state index contributed by atoms with van der Waals surface area (Å²) in [7, 11) is 0. The molecule has 1 atom stereocenters. The van der Waals surface area contributed by atoms with Crippen molar-refractivity contribution in [2.75, 3.05) is 6.54 Å². The van der Waals surface area contributed by atoms with E-state index in [2.05, 4.69) is 4.98 Å². The Morgan fingerprint density at radius 3 is 2.95 bits per heavy atom. The zero-order valence-electron chi connectivity index (χ0n) is 11.9. The molecule has 1 aliphatic rings. The highest BCUT2D eigenvalue weighted by molar-refractivity contribution is 6.32. The van der Waals surface area contributed by atoms with Crippen molar-refractivity contribution in [1.29, 1.82) is 0 Å². The van der Waals surface area contributed by atoms with Crippen molar-refractivity contribution in [3.05, 3.63) is 33.1 Å². The molecule has 0 aliphatic carbocycles. The van der Waals surface area contributed by atoms with Gasteiger partial charge in [0.15, 0.2) is 0 Å². The maximum atomic E-state index is 12.7. The van der Waals surface area contributed by atoms with Gasteiger partial charge in [0.2, 0.25) is 5.15 Å². The first-order chi connectivity index (χ1) is 10.1. The number of hydrogen-bond donors (Lipinski definition) is 0. The summed E-state index contributed by atoms with van der Waals surface area (Å²) in [5, 5.41) is 10.9. The summed E-state index contributed by atoms with van der Waals surface area (Å²) >= 11 is 5.79. The summed E-state index contributed by atoms with van der Waals surface area (Å²) in [6.45, 7) is 2.67. The molecule has 1 fully saturated rings. The predicted octanol–water partition coefficient (Wildman–Crippen LogP) is 3.44. The minimum absolute atomic E-state index is 0.0281. The molecule has 1 aromatic rings. The number of carbonyl (C=O) groups is 1. The number of rotatable bonds is 3. The van der Waals surface area contributed by atoms with Gasteiger partial charge in [0.05, 0.1) is 4.92 Å². The average Bonchev–Trinajstić information content (AvgIpc) is 2.70. The Hall–Kier alpha value is -1.69. The Labute approximate surface area is 128 Å². The lowest BCUT2D eigenvalue weighted by atomic mass is 10.1. The second-order valence-electron chi connectivity index (χ2n) is 5.16. The summed E-state index contributed by atoms with van der Waals surface area (Å²) in [6.07, 6.45) is 6.21. The molecule has 2 heterocycles. The Kier molecular flexibility index (Phi) is 5.12. The zero-order chi connectivity index (χ0) is 15.4. The molecular formula is C14H18ClN3O3. The van der Waals surface area contributed by atoms with Crippen LogP contribution in [-0.2, 0) is 0 Å². The van der Waals surface area contributed by atoms with E-state index in [1.54, 1.807) is 4.90 Å². The number of likely N-dealkylation sites (tertiary alicyclic amines) is 1. The molecule has 6 nitrogen and oxygen atoms in total. The molecule has 0 bridgehead atoms. The van der Waals surface area contributed by atoms with E-state index in [9.17, 15) is 14.9 Å². The summed E-state index contributed by atoms with van der Waals surface area (Å²) in [4.78, 5) is 28.7. The maximum Gasteiger partial charge on any atom is 0.319 e. The van der Waals surface area contributed by atoms with E-state index in [0.29, 0.717) is 6.54 Å². The molecule has 0 saturated carbocycles. The molecular weight excluding hydrogens is 294 g/mol. The van der Waals surface area contributed by atoms with Crippen LogP contribution in [0, 0.1) is 10.1 Å². The lowest BCUT2D eigenvalue weighted by Crippen LogP contribution is -2.40. The Bertz CT molecular complexity index is 550. The quantitative estimate of drug-likeness (QED) is 0.487. The van der Waals surface area contributed by atoms with Crippen LogP contribution in [0.5, 0.6) is 0 Å². The van der Waals surface area contributed by atoms with Gasteiger partial charge in [-0.2, -0.15) is 0 Å². The van der Waals surface area contributed by atoms with Gasteiger partial charge in [-0.05, 0) is 25.3 Å². The molecule has 0 N–H and O–H groups in total. The predicted molar refractivity (Wildman–Crippen MR) is 79.5 cm³/mol. The van der Waals surface area contributed by atoms with Crippen molar-refractivity contribution in [2.45, 2.75) is 45.1 Å². The lowest BCUT2D eigenvalue weighted by molar-refractivity contribution is -0.385. The second-order valence-corrected chi connectivity index (χ2v) is 5.52. The Balaban J connectivity index is 2.38. The van der Waals surface area contributed by atoms with Gasteiger partial charge < -0.3 is 4.90 Å². The number of halogens is 1. The molecule has 0 aromatic carbocycles. The van der Waals surface area contributed by atoms with Crippen molar-refractivity contribution in [1.82, 2.24) is 9.88 Å². The van der Waals surface area contributed by atoms with E-state index in [0.717, 1.165) is 32.1 Å². The van der Waals surface area contributed by atoms with E-state index in [1.807, 2.05) is 6.92 Å². The van der Waals surface area contributed by atoms with Crippen molar-refractivity contribution in [3.63, 3.8) is 0 Å². The van der Waals surface area contributed by atoms with Gasteiger partial charge in [0.25, 0.3) is 5.91 Å². The fourth-order valence-electron chi connectivity index (χ4n) is 2.80. The molecule has 2 rings (SSSR count). The average molecular weight is 312 g/mol. The van der Waals surface area contributed by atoms with Gasteiger partial charge in [-0.15, -0.1) is 0 Å². The number of hydrogen-bond acceptors (Lipinski definition) is 4. The van der Waals surface area contributed by atoms with E-state index >= 15 is 0 Å². The van der Waals surface area contributed by atoms with Gasteiger partial charge in [0, 0.05) is 18.8 Å². The molecule has 1 unspecified atom stereocenters. The van der Waals surface area contributed by atoms with Gasteiger partial charge in [-0.1, -0.05) is 31.4 Å². The van der Waals surface area contributed by atoms with Gasteiger partial charge in [-0.3, -0.25) is 14.9 Å². The molecule has 21 heavy (non-hydrogen) atoms. The largest absolute Gasteiger partial charge is 0.335 e. The number of nitrogens with zero attached hydrogens (tertiary/aromatic N) is 3. The number of aromatic nitrogens is 1. The van der Waals surface area contributed by atoms with Gasteiger partial charge >= 0.3 is 5.69 Å². The monoisotopic (exact) mass is 311 g/mol. The molecule has 1 amide bonds. The minimum Gasteiger partial charge on any atom is -0.335 e. The fraction of sp³-hybridized carbons (Fsp3) is 0.571. The smallest absolute Gasteiger partial charge is 0.319 e. The third-order valence-corrected chi connectivity index (χ3v) is 4.18. The summed E-state index contributed by atoms with van der Waals surface area (Å²) in [5.74, 6) is -0.320. The van der Waals surface area contributed by atoms with E-state index < -0.39 is 10.6 Å². The van der Waals surface area contributed by atoms with Gasteiger partial charge in [-0.25, -0.2) is 4.98 Å². The fourth-order valence-corrected chi connectivity index (χ4v) is 3.03. The highest BCUT2D eigenvalue weighted by Crippen LogP contribution is 2.29. The maximum absolute atomic E-state index is 12.7. The van der Waals surface area contributed by atoms with Crippen molar-refractivity contribution >= 4 is 23.2 Å². The minimum atomic E-state index is -0.638. The van der Waals surface area contributed by atoms with Crippen LogP contribution in [-0.4, -0.2) is 33.3 Å². The number of pyridine rings is 1. The van der Waals surface area contributed by atoms with Gasteiger partial charge in [0.1, 0.15) is 5.56 Å². The molecule has 114 valence electrons. The highest BCUT2D eigenvalue weighted by atomic mass is 35.5. The first kappa shape index (κ1) is 15.7. The van der Waals surface area contributed by atoms with Crippen LogP contribution in [0.4, 0.5) is 5.69 Å². The van der Waals surface area contributed by atoms with Crippen LogP contribution in [0.1, 0.15) is 49.4 Å². The third kappa shape index (κ3) is 3.32. The lowest BCUT2D eigenvalue weighted by Gasteiger charge is -2.29. The first-order valence-corrected chi connectivity index (χ1v) is 7.54. The summed E-state index contributed by atoms with van der Waals surface area (Å²) < 4.78 is 0. The van der Waals surface area contributed by atoms with E-state index in [1.165, 1.54) is 12.3 Å². The van der Waals surface area contributed by atoms with Crippen LogP contribution in [0.2, 0.25) is 5.15 Å². The number of carbonyl (C=O) groups excluding carboxylic acids is 1. The van der Waals surface area contributed by atoms with Crippen LogP contribution < -0.4 is 0 Å². The van der Waals surface area contributed by atoms with Crippen LogP contribution >= 0.6 is 11.6 Å². The van der Waals surface area contributed by atoms with Crippen LogP contribution in [0.25, 0.3) is 0 Å². The number of nitro groups is 1. The van der Waals surface area contributed by atoms with Crippen LogP contribution in [0.3, 0.4) is 0 Å². The van der Waals surface area contributed by atoms with E-state index in [4.69, 9.17) is 11.6 Å².